The van der Waals surface area contributed by atoms with E-state index in [1.807, 2.05) is 83.1 Å². The van der Waals surface area contributed by atoms with Crippen LogP contribution in [0.4, 0.5) is 0 Å². The molecule has 0 saturated carbocycles. The van der Waals surface area contributed by atoms with Gasteiger partial charge in [0.05, 0.1) is 36.3 Å². The van der Waals surface area contributed by atoms with Gasteiger partial charge in [0, 0.05) is 104 Å². The van der Waals surface area contributed by atoms with Crippen molar-refractivity contribution in [3.05, 3.63) is 12.7 Å². The fourth-order valence-electron chi connectivity index (χ4n) is 18.6. The first-order valence-electron chi connectivity index (χ1n) is 40.1. The van der Waals surface area contributed by atoms with Gasteiger partial charge in [-0.1, -0.05) is 33.3 Å². The first kappa shape index (κ1) is 102. The average Bonchev–Trinajstić information content (AvgIpc) is 0.788. The standard InChI is InChI=1S/C14H29NO.C13H27NO2.C12H23NO3.C12H21NO3.C11H21NO4.C11H21NO2.C10H19NO3/c1-7-8-9-16-12-10-13(2,3)15(6)14(4,5)11-12;1-6-7-8-16-11-9-12(2,3)14(15)13(4,5)10-11;1-11(2)6-9(16-8-10(14)15)7-12(3,4)13(11)5;1-6-10(14)16-9-7-11(2,3)13(15)12(4,5)8-9;1-10(2)5-8(16-7-9(13)14)6-11(3,4)12(10)15;1-10(2)6-8(9(13)14)7-11(3,4)12(10)5;1-9(2)5-7(8(12)13)6-10(3,4)11(9)14/h12H,7-11H2,1-6H3;11,15H,6-10H2,1-5H3;9H,6-8H2,1-5H3,(H,14,15);6,9,15H,1,7-8H2,2-5H3;8,15H,5-7H2,1-4H3,(H,13,14);8H,6-7H2,1-5H3,(H,13,14);7,14H,5-6H2,1-4H3,(H,12,13)/p+4. The molecule has 7 heterocycles. The van der Waals surface area contributed by atoms with Gasteiger partial charge in [-0.25, -0.2) is 35.2 Å². The van der Waals surface area contributed by atoms with E-state index in [4.69, 9.17) is 44.1 Å². The number of carbonyl (C=O) groups excluding carboxylic acids is 1. The summed E-state index contributed by atoms with van der Waals surface area (Å²) in [6, 6.07) is 0. The molecule has 108 heavy (non-hydrogen) atoms. The maximum atomic E-state index is 11.2. The molecule has 0 atom stereocenters. The first-order chi connectivity index (χ1) is 48.4. The second-order valence-corrected chi connectivity index (χ2v) is 41.6. The van der Waals surface area contributed by atoms with Crippen molar-refractivity contribution >= 4 is 29.8 Å². The highest BCUT2D eigenvalue weighted by atomic mass is 16.6. The van der Waals surface area contributed by atoms with Gasteiger partial charge in [-0.2, -0.15) is 20.3 Å². The molecule has 0 unspecified atom stereocenters. The van der Waals surface area contributed by atoms with Crippen LogP contribution in [0.1, 0.15) is 323 Å². The van der Waals surface area contributed by atoms with Crippen LogP contribution in [0.15, 0.2) is 12.7 Å². The SMILES string of the molecule is C=CC(=O)OC1CC(C)(C)[NH+](O)C(C)(C)C1.CC1(C)CC(C(=O)O)CC(C)(C)[NH+]1O.CC1(C)CC(OCC(=O)O)CC(C)(C)[NH+]1O.CCCCOC1CC(C)(C)N(C)C(C)(C)C1.CCCCOC1CC(C)(C)[NH+](O)C(C)(C)C1.CN1C(C)(C)CC(C(=O)O)CC1(C)C.CN1C(C)(C)CC(OCC(=O)O)CC1(C)C. The van der Waals surface area contributed by atoms with Gasteiger partial charge >= 0.3 is 29.8 Å². The molecule has 7 rings (SSSR count). The van der Waals surface area contributed by atoms with Crippen LogP contribution in [0, 0.1) is 11.8 Å². The van der Waals surface area contributed by atoms with E-state index >= 15 is 0 Å². The monoisotopic (exact) mass is 1550 g/mol. The zero-order chi connectivity index (χ0) is 84.8. The number of quaternary nitrogens is 4. The minimum Gasteiger partial charge on any atom is -0.481 e. The molecule has 0 aromatic carbocycles. The summed E-state index contributed by atoms with van der Waals surface area (Å²) < 4.78 is 28.0. The van der Waals surface area contributed by atoms with Crippen LogP contribution < -0.4 is 20.3 Å². The Hall–Kier alpha value is -3.51. The number of carbonyl (C=O) groups is 5. The first-order valence-corrected chi connectivity index (χ1v) is 40.1. The van der Waals surface area contributed by atoms with E-state index < -0.39 is 29.8 Å². The van der Waals surface area contributed by atoms with Crippen molar-refractivity contribution in [2.45, 2.75) is 431 Å². The fourth-order valence-corrected chi connectivity index (χ4v) is 18.6. The molecule has 12 N–H and O–H groups in total. The van der Waals surface area contributed by atoms with Crippen molar-refractivity contribution in [3.8, 4) is 0 Å². The van der Waals surface area contributed by atoms with E-state index in [1.54, 1.807) is 0 Å². The number of nitrogens with zero attached hydrogens (tertiary/aromatic N) is 3. The van der Waals surface area contributed by atoms with E-state index in [0.717, 1.165) is 71.0 Å². The number of esters is 1. The number of hydrogen-bond donors (Lipinski definition) is 12. The second kappa shape index (κ2) is 39.7. The van der Waals surface area contributed by atoms with Gasteiger partial charge < -0.3 is 44.1 Å². The Labute approximate surface area is 654 Å². The van der Waals surface area contributed by atoms with Gasteiger partial charge in [-0.3, -0.25) is 24.3 Å². The predicted octanol–water partition coefficient (Wildman–Crippen LogP) is 10.1. The quantitative estimate of drug-likeness (QED) is 0.0345. The van der Waals surface area contributed by atoms with Gasteiger partial charge in [-0.15, -0.1) is 0 Å². The number of hydroxylamine groups is 8. The minimum absolute atomic E-state index is 0.0230. The van der Waals surface area contributed by atoms with E-state index in [0.29, 0.717) is 71.0 Å². The summed E-state index contributed by atoms with van der Waals surface area (Å²) in [7, 11) is 6.44. The summed E-state index contributed by atoms with van der Waals surface area (Å²) in [6.07, 6.45) is 17.5. The lowest BCUT2D eigenvalue weighted by Gasteiger charge is -2.53. The van der Waals surface area contributed by atoms with Crippen molar-refractivity contribution in [1.82, 2.24) is 14.7 Å². The lowest BCUT2D eigenvalue weighted by molar-refractivity contribution is -1.16. The van der Waals surface area contributed by atoms with Crippen LogP contribution in [-0.4, -0.2) is 241 Å². The molecule has 7 saturated heterocycles. The van der Waals surface area contributed by atoms with Gasteiger partial charge in [0.15, 0.2) is 0 Å². The van der Waals surface area contributed by atoms with Gasteiger partial charge in [0.25, 0.3) is 0 Å². The number of carboxylic acids is 4. The molecule has 7 fully saturated rings. The van der Waals surface area contributed by atoms with Crippen LogP contribution in [0.25, 0.3) is 0 Å². The molecule has 0 bridgehead atoms. The number of piperidine rings is 7. The van der Waals surface area contributed by atoms with Crippen LogP contribution >= 0.6 is 0 Å². The number of unbranched alkanes of at least 4 members (excludes halogenated alkanes) is 2. The van der Waals surface area contributed by atoms with E-state index in [2.05, 4.69) is 167 Å². The molecule has 0 spiro atoms. The lowest BCUT2D eigenvalue weighted by atomic mass is 9.74. The average molecular weight is 1550 g/mol. The molecule has 0 aromatic heterocycles. The molecule has 7 aliphatic heterocycles. The van der Waals surface area contributed by atoms with Gasteiger partial charge in [0.1, 0.15) is 63.6 Å². The number of ether oxygens (including phenoxy) is 5. The van der Waals surface area contributed by atoms with Crippen molar-refractivity contribution in [1.29, 1.82) is 0 Å². The summed E-state index contributed by atoms with van der Waals surface area (Å²) in [4.78, 5) is 61.2. The molecule has 7 aliphatic rings. The zero-order valence-corrected chi connectivity index (χ0v) is 74.4. The number of hydrogen-bond acceptors (Lipinski definition) is 17. The molecule has 25 nitrogen and oxygen atoms in total. The van der Waals surface area contributed by atoms with E-state index in [1.165, 1.54) is 25.3 Å². The molecule has 0 amide bonds. The molecular formula is C83H165N7O18+4. The largest absolute Gasteiger partial charge is 0.481 e. The molecule has 25 heteroatoms. The molecule has 636 valence electrons. The Balaban J connectivity index is 0.000000630. The summed E-state index contributed by atoms with van der Waals surface area (Å²) in [6.45, 7) is 67.3. The Morgan fingerprint density at radius 1 is 0.343 bits per heavy atom. The summed E-state index contributed by atoms with van der Waals surface area (Å²) in [5.74, 6) is -4.17. The number of nitrogens with one attached hydrogen (secondary N) is 4. The predicted molar refractivity (Wildman–Crippen MR) is 422 cm³/mol. The number of likely N-dealkylation sites (tertiary alicyclic amines) is 3. The highest BCUT2D eigenvalue weighted by Gasteiger charge is 2.55. The van der Waals surface area contributed by atoms with Crippen molar-refractivity contribution < 1.29 is 109 Å². The van der Waals surface area contributed by atoms with Crippen LogP contribution in [0.5, 0.6) is 0 Å². The number of aliphatic carboxylic acids is 4. The normalized spacial score (nSPS) is 30.1. The van der Waals surface area contributed by atoms with E-state index in [9.17, 15) is 44.8 Å². The summed E-state index contributed by atoms with van der Waals surface area (Å²) >= 11 is 0. The topological polar surface area (TPSA) is 321 Å². The lowest BCUT2D eigenvalue weighted by Crippen LogP contribution is -3.25. The van der Waals surface area contributed by atoms with Crippen molar-refractivity contribution in [2.24, 2.45) is 11.8 Å². The minimum atomic E-state index is -0.950. The fraction of sp³-hybridized carbons (Fsp3) is 0.916. The Morgan fingerprint density at radius 2 is 0.546 bits per heavy atom. The molecule has 0 aromatic rings. The Kier molecular flexibility index (Phi) is 37.7. The van der Waals surface area contributed by atoms with E-state index in [-0.39, 0.29) is 121 Å². The molecule has 0 radical (unpaired) electrons. The second-order valence-electron chi connectivity index (χ2n) is 41.6. The maximum Gasteiger partial charge on any atom is 0.330 e. The van der Waals surface area contributed by atoms with Crippen molar-refractivity contribution in [2.75, 3.05) is 47.6 Å². The third-order valence-electron chi connectivity index (χ3n) is 24.7. The zero-order valence-electron chi connectivity index (χ0n) is 74.4. The number of rotatable bonds is 18. The highest BCUT2D eigenvalue weighted by Crippen LogP contribution is 2.42. The van der Waals surface area contributed by atoms with Gasteiger partial charge in [0.2, 0.25) is 0 Å². The van der Waals surface area contributed by atoms with Crippen LogP contribution in [0.3, 0.4) is 0 Å². The summed E-state index contributed by atoms with van der Waals surface area (Å²) in [5.41, 5.74) is -1.70. The van der Waals surface area contributed by atoms with Crippen molar-refractivity contribution in [3.63, 3.8) is 0 Å². The smallest absolute Gasteiger partial charge is 0.330 e. The Morgan fingerprint density at radius 3 is 0.778 bits per heavy atom. The summed E-state index contributed by atoms with van der Waals surface area (Å²) in [5, 5.41) is 77.7. The highest BCUT2D eigenvalue weighted by molar-refractivity contribution is 5.81. The third kappa shape index (κ3) is 31.0. The van der Waals surface area contributed by atoms with Crippen LogP contribution in [-0.2, 0) is 47.7 Å². The maximum absolute atomic E-state index is 11.2. The Bertz CT molecular complexity index is 2550. The third-order valence-corrected chi connectivity index (χ3v) is 24.7. The van der Waals surface area contributed by atoms with Gasteiger partial charge in [-0.05, 0) is 266 Å². The number of carboxylic acid groups (broad SMARTS) is 4. The molecule has 0 aliphatic carbocycles. The molecular weight excluding hydrogens is 1380 g/mol. The van der Waals surface area contributed by atoms with Crippen LogP contribution in [0.2, 0.25) is 0 Å².